The summed E-state index contributed by atoms with van der Waals surface area (Å²) in [6.07, 6.45) is -0.544. The van der Waals surface area contributed by atoms with E-state index < -0.39 is 6.09 Å². The summed E-state index contributed by atoms with van der Waals surface area (Å²) in [5, 5.41) is 5.81. The summed E-state index contributed by atoms with van der Waals surface area (Å²) in [4.78, 5) is 15.7. The minimum Gasteiger partial charge on any atom is -0.450 e. The van der Waals surface area contributed by atoms with Gasteiger partial charge in [-0.2, -0.15) is 0 Å². The van der Waals surface area contributed by atoms with Crippen LogP contribution in [0.25, 0.3) is 0 Å². The number of carbonyl (C=O) groups is 1. The summed E-state index contributed by atoms with van der Waals surface area (Å²) in [7, 11) is 0. The van der Waals surface area contributed by atoms with Gasteiger partial charge < -0.3 is 15.8 Å². The molecule has 4 N–H and O–H groups in total. The number of pyridine rings is 1. The Morgan fingerprint density at radius 3 is 2.52 bits per heavy atom. The number of nitrogens with one attached hydrogen (secondary N) is 2. The highest BCUT2D eigenvalue weighted by atomic mass is 16.5. The van der Waals surface area contributed by atoms with Gasteiger partial charge in [0.05, 0.1) is 12.3 Å². The van der Waals surface area contributed by atoms with Crippen LogP contribution in [0.1, 0.15) is 23.6 Å². The van der Waals surface area contributed by atoms with Crippen LogP contribution in [0.2, 0.25) is 0 Å². The van der Waals surface area contributed by atoms with Crippen LogP contribution in [-0.2, 0) is 11.3 Å². The zero-order chi connectivity index (χ0) is 16.8. The third-order valence-electron chi connectivity index (χ3n) is 3.53. The lowest BCUT2D eigenvalue weighted by Gasteiger charge is -2.13. The monoisotopic (exact) mass is 314 g/mol. The van der Waals surface area contributed by atoms with Crippen molar-refractivity contribution >= 4 is 23.4 Å². The predicted molar refractivity (Wildman–Crippen MR) is 92.5 cm³/mol. The van der Waals surface area contributed by atoms with Crippen molar-refractivity contribution in [3.8, 4) is 0 Å². The number of benzene rings is 1. The van der Waals surface area contributed by atoms with Crippen molar-refractivity contribution in [2.75, 3.05) is 23.0 Å². The van der Waals surface area contributed by atoms with Crippen LogP contribution in [0.5, 0.6) is 0 Å². The predicted octanol–water partition coefficient (Wildman–Crippen LogP) is 3.46. The lowest BCUT2D eigenvalue weighted by molar-refractivity contribution is 0.168. The minimum atomic E-state index is -0.544. The van der Waals surface area contributed by atoms with Gasteiger partial charge in [0, 0.05) is 6.54 Å². The maximum absolute atomic E-state index is 11.4. The number of aryl methyl sites for hydroxylation is 2. The Hall–Kier alpha value is -2.76. The van der Waals surface area contributed by atoms with E-state index in [1.807, 2.05) is 6.07 Å². The van der Waals surface area contributed by atoms with Gasteiger partial charge in [0.2, 0.25) is 0 Å². The van der Waals surface area contributed by atoms with Crippen molar-refractivity contribution in [1.29, 1.82) is 0 Å². The number of aromatic nitrogens is 1. The molecular formula is C17H22N4O2. The quantitative estimate of drug-likeness (QED) is 0.786. The number of nitrogens with zero attached hydrogens (tertiary/aromatic N) is 1. The molecule has 6 nitrogen and oxygen atoms in total. The fourth-order valence-corrected chi connectivity index (χ4v) is 2.26. The Bertz CT molecular complexity index is 681. The highest BCUT2D eigenvalue weighted by molar-refractivity contribution is 5.88. The molecule has 0 bridgehead atoms. The van der Waals surface area contributed by atoms with Crippen LogP contribution in [-0.4, -0.2) is 17.7 Å². The summed E-state index contributed by atoms with van der Waals surface area (Å²) in [5.74, 6) is 0.893. The number of anilines is 3. The number of hydrogen-bond donors (Lipinski definition) is 3. The fourth-order valence-electron chi connectivity index (χ4n) is 2.26. The molecule has 6 heteroatoms. The van der Waals surface area contributed by atoms with E-state index in [2.05, 4.69) is 41.6 Å². The Balaban J connectivity index is 2.05. The molecule has 0 aliphatic heterocycles. The Kier molecular flexibility index (Phi) is 5.41. The Morgan fingerprint density at radius 1 is 1.22 bits per heavy atom. The van der Waals surface area contributed by atoms with Crippen molar-refractivity contribution in [1.82, 2.24) is 4.98 Å². The second-order valence-corrected chi connectivity index (χ2v) is 5.20. The van der Waals surface area contributed by atoms with E-state index in [0.29, 0.717) is 24.7 Å². The molecule has 0 atom stereocenters. The Labute approximate surface area is 136 Å². The van der Waals surface area contributed by atoms with E-state index >= 15 is 0 Å². The lowest BCUT2D eigenvalue weighted by atomic mass is 10.0. The molecule has 0 spiro atoms. The van der Waals surface area contributed by atoms with E-state index in [-0.39, 0.29) is 5.82 Å². The number of hydrogen-bond acceptors (Lipinski definition) is 5. The van der Waals surface area contributed by atoms with Gasteiger partial charge in [0.25, 0.3) is 0 Å². The topological polar surface area (TPSA) is 89.3 Å². The molecule has 122 valence electrons. The van der Waals surface area contributed by atoms with Crippen LogP contribution >= 0.6 is 0 Å². The fraction of sp³-hybridized carbons (Fsp3) is 0.294. The number of rotatable bonds is 5. The van der Waals surface area contributed by atoms with Crippen LogP contribution in [0.15, 0.2) is 30.3 Å². The summed E-state index contributed by atoms with van der Waals surface area (Å²) in [5.41, 5.74) is 10.00. The standard InChI is InChI=1S/C17H22N4O2/c1-4-23-17(22)20-14-8-9-15(21-16(14)18)19-10-13-11(2)6-5-7-12(13)3/h5-9H,4,10H2,1-3H3,(H,20,22)(H3,18,19,21). The van der Waals surface area contributed by atoms with E-state index in [4.69, 9.17) is 10.5 Å². The van der Waals surface area contributed by atoms with Crippen molar-refractivity contribution < 1.29 is 9.53 Å². The molecule has 23 heavy (non-hydrogen) atoms. The van der Waals surface area contributed by atoms with Gasteiger partial charge in [-0.1, -0.05) is 18.2 Å². The molecule has 1 amide bonds. The zero-order valence-corrected chi connectivity index (χ0v) is 13.6. The maximum Gasteiger partial charge on any atom is 0.411 e. The minimum absolute atomic E-state index is 0.240. The normalized spacial score (nSPS) is 10.2. The SMILES string of the molecule is CCOC(=O)Nc1ccc(NCc2c(C)cccc2C)nc1N. The molecule has 1 aromatic heterocycles. The number of nitrogen functional groups attached to an aromatic ring is 1. The Morgan fingerprint density at radius 2 is 1.91 bits per heavy atom. The highest BCUT2D eigenvalue weighted by Gasteiger charge is 2.08. The maximum atomic E-state index is 11.4. The van der Waals surface area contributed by atoms with E-state index in [1.165, 1.54) is 16.7 Å². The summed E-state index contributed by atoms with van der Waals surface area (Å²) in [6, 6.07) is 9.67. The highest BCUT2D eigenvalue weighted by Crippen LogP contribution is 2.20. The first kappa shape index (κ1) is 16.6. The average molecular weight is 314 g/mol. The van der Waals surface area contributed by atoms with Crippen LogP contribution < -0.4 is 16.4 Å². The van der Waals surface area contributed by atoms with Crippen molar-refractivity contribution in [2.24, 2.45) is 0 Å². The van der Waals surface area contributed by atoms with Gasteiger partial charge in [-0.25, -0.2) is 9.78 Å². The van der Waals surface area contributed by atoms with Gasteiger partial charge in [-0.3, -0.25) is 5.32 Å². The van der Waals surface area contributed by atoms with Crippen LogP contribution in [0.3, 0.4) is 0 Å². The zero-order valence-electron chi connectivity index (χ0n) is 13.6. The third kappa shape index (κ3) is 4.35. The molecule has 0 fully saturated rings. The lowest BCUT2D eigenvalue weighted by Crippen LogP contribution is -2.15. The van der Waals surface area contributed by atoms with Gasteiger partial charge in [-0.15, -0.1) is 0 Å². The molecule has 0 saturated heterocycles. The molecule has 0 unspecified atom stereocenters. The first-order valence-corrected chi connectivity index (χ1v) is 7.50. The summed E-state index contributed by atoms with van der Waals surface area (Å²) >= 11 is 0. The molecule has 1 aromatic carbocycles. The average Bonchev–Trinajstić information content (AvgIpc) is 2.49. The summed E-state index contributed by atoms with van der Waals surface area (Å²) in [6.45, 7) is 6.86. The second-order valence-electron chi connectivity index (χ2n) is 5.20. The van der Waals surface area contributed by atoms with Gasteiger partial charge in [0.15, 0.2) is 0 Å². The van der Waals surface area contributed by atoms with E-state index in [0.717, 1.165) is 0 Å². The van der Waals surface area contributed by atoms with Crippen molar-refractivity contribution in [3.63, 3.8) is 0 Å². The van der Waals surface area contributed by atoms with Crippen LogP contribution in [0, 0.1) is 13.8 Å². The first-order chi connectivity index (χ1) is 11.0. The molecule has 0 radical (unpaired) electrons. The largest absolute Gasteiger partial charge is 0.450 e. The number of amides is 1. The number of ether oxygens (including phenoxy) is 1. The molecule has 0 saturated carbocycles. The summed E-state index contributed by atoms with van der Waals surface area (Å²) < 4.78 is 4.81. The third-order valence-corrected chi connectivity index (χ3v) is 3.53. The van der Waals surface area contributed by atoms with Gasteiger partial charge in [0.1, 0.15) is 11.6 Å². The molecule has 0 aliphatic rings. The second kappa shape index (κ2) is 7.49. The molecule has 2 rings (SSSR count). The van der Waals surface area contributed by atoms with Crippen molar-refractivity contribution in [2.45, 2.75) is 27.3 Å². The van der Waals surface area contributed by atoms with Crippen molar-refractivity contribution in [3.05, 3.63) is 47.0 Å². The molecule has 2 aromatic rings. The van der Waals surface area contributed by atoms with E-state index in [9.17, 15) is 4.79 Å². The molecule has 1 heterocycles. The van der Waals surface area contributed by atoms with Gasteiger partial charge in [-0.05, 0) is 49.6 Å². The molecule has 0 aliphatic carbocycles. The van der Waals surface area contributed by atoms with Gasteiger partial charge >= 0.3 is 6.09 Å². The molecular weight excluding hydrogens is 292 g/mol. The number of carbonyl (C=O) groups excluding carboxylic acids is 1. The number of nitrogens with two attached hydrogens (primary N) is 1. The van der Waals surface area contributed by atoms with E-state index in [1.54, 1.807) is 19.1 Å². The van der Waals surface area contributed by atoms with Crippen LogP contribution in [0.4, 0.5) is 22.1 Å². The smallest absolute Gasteiger partial charge is 0.411 e. The first-order valence-electron chi connectivity index (χ1n) is 7.50.